The molecule has 4 heterocycles. The van der Waals surface area contributed by atoms with Crippen LogP contribution in [0.5, 0.6) is 0 Å². The van der Waals surface area contributed by atoms with Crippen molar-refractivity contribution < 1.29 is 14.3 Å². The van der Waals surface area contributed by atoms with Crippen LogP contribution in [0.15, 0.2) is 24.4 Å². The van der Waals surface area contributed by atoms with Gasteiger partial charge in [-0.15, -0.1) is 10.2 Å². The molecule has 0 aromatic carbocycles. The molecule has 2 saturated heterocycles. The summed E-state index contributed by atoms with van der Waals surface area (Å²) in [5.74, 6) is 1.02. The van der Waals surface area contributed by atoms with Crippen LogP contribution in [-0.2, 0) is 9.53 Å². The fraction of sp³-hybridized carbons (Fsp3) is 0.500. The maximum Gasteiger partial charge on any atom is 0.410 e. The summed E-state index contributed by atoms with van der Waals surface area (Å²) >= 11 is 0. The van der Waals surface area contributed by atoms with Gasteiger partial charge in [-0.05, 0) is 25.0 Å². The Kier molecular flexibility index (Phi) is 3.79. The van der Waals surface area contributed by atoms with Gasteiger partial charge in [-0.1, -0.05) is 6.07 Å². The first-order valence-electron chi connectivity index (χ1n) is 8.21. The van der Waals surface area contributed by atoms with E-state index in [2.05, 4.69) is 10.2 Å². The molecule has 2 aromatic rings. The summed E-state index contributed by atoms with van der Waals surface area (Å²) in [7, 11) is 0. The Hall–Kier alpha value is -2.64. The highest BCUT2D eigenvalue weighted by atomic mass is 16.6. The van der Waals surface area contributed by atoms with Gasteiger partial charge in [0.2, 0.25) is 5.91 Å². The average molecular weight is 329 g/mol. The van der Waals surface area contributed by atoms with Gasteiger partial charge in [0.1, 0.15) is 19.0 Å². The molecule has 0 radical (unpaired) electrons. The standard InChI is InChI=1S/C16H19N5O3/c22-14(11-20-8-9-24-16(20)23)19-6-3-4-12(10-19)15-18-17-13-5-1-2-7-21(13)15/h1-2,5,7,12H,3-4,6,8-11H2/t12-/m1/s1. The fourth-order valence-corrected chi connectivity index (χ4v) is 3.39. The lowest BCUT2D eigenvalue weighted by molar-refractivity contribution is -0.133. The smallest absolute Gasteiger partial charge is 0.410 e. The number of fused-ring (bicyclic) bond motifs is 1. The van der Waals surface area contributed by atoms with Gasteiger partial charge in [-0.25, -0.2) is 4.79 Å². The van der Waals surface area contributed by atoms with Crippen molar-refractivity contribution in [3.63, 3.8) is 0 Å². The fourth-order valence-electron chi connectivity index (χ4n) is 3.39. The third-order valence-electron chi connectivity index (χ3n) is 4.65. The molecule has 2 aliphatic rings. The largest absolute Gasteiger partial charge is 0.448 e. The summed E-state index contributed by atoms with van der Waals surface area (Å²) in [5.41, 5.74) is 0.816. The second-order valence-electron chi connectivity index (χ2n) is 6.20. The minimum absolute atomic E-state index is 0.0348. The lowest BCUT2D eigenvalue weighted by atomic mass is 9.97. The van der Waals surface area contributed by atoms with E-state index in [9.17, 15) is 9.59 Å². The summed E-state index contributed by atoms with van der Waals surface area (Å²) in [6.45, 7) is 2.26. The van der Waals surface area contributed by atoms with E-state index in [1.54, 1.807) is 0 Å². The molecule has 8 nitrogen and oxygen atoms in total. The number of carbonyl (C=O) groups is 2. The monoisotopic (exact) mass is 329 g/mol. The molecule has 2 amide bonds. The van der Waals surface area contributed by atoms with E-state index in [0.717, 1.165) is 30.9 Å². The van der Waals surface area contributed by atoms with Crippen LogP contribution in [0.1, 0.15) is 24.6 Å². The Morgan fingerprint density at radius 2 is 2.21 bits per heavy atom. The maximum atomic E-state index is 12.5. The zero-order valence-corrected chi connectivity index (χ0v) is 13.3. The lowest BCUT2D eigenvalue weighted by Crippen LogP contribution is -2.45. The van der Waals surface area contributed by atoms with Crippen molar-refractivity contribution in [2.24, 2.45) is 0 Å². The first-order valence-corrected chi connectivity index (χ1v) is 8.21. The number of nitrogens with zero attached hydrogens (tertiary/aromatic N) is 5. The van der Waals surface area contributed by atoms with Crippen molar-refractivity contribution >= 4 is 17.6 Å². The normalized spacial score (nSPS) is 21.3. The van der Waals surface area contributed by atoms with E-state index in [-0.39, 0.29) is 18.4 Å². The minimum Gasteiger partial charge on any atom is -0.448 e. The quantitative estimate of drug-likeness (QED) is 0.835. The molecule has 2 aliphatic heterocycles. The topological polar surface area (TPSA) is 80.0 Å². The number of amides is 2. The van der Waals surface area contributed by atoms with Gasteiger partial charge in [-0.2, -0.15) is 0 Å². The lowest BCUT2D eigenvalue weighted by Gasteiger charge is -2.32. The van der Waals surface area contributed by atoms with Gasteiger partial charge < -0.3 is 9.64 Å². The molecular formula is C16H19N5O3. The van der Waals surface area contributed by atoms with Crippen molar-refractivity contribution in [1.29, 1.82) is 0 Å². The Morgan fingerprint density at radius 3 is 3.04 bits per heavy atom. The number of pyridine rings is 1. The molecule has 0 saturated carbocycles. The van der Waals surface area contributed by atoms with Gasteiger partial charge in [-0.3, -0.25) is 14.1 Å². The van der Waals surface area contributed by atoms with Gasteiger partial charge >= 0.3 is 6.09 Å². The van der Waals surface area contributed by atoms with Crippen molar-refractivity contribution in [3.8, 4) is 0 Å². The maximum absolute atomic E-state index is 12.5. The molecule has 4 rings (SSSR count). The van der Waals surface area contributed by atoms with Crippen LogP contribution < -0.4 is 0 Å². The number of cyclic esters (lactones) is 1. The highest BCUT2D eigenvalue weighted by molar-refractivity contribution is 5.83. The molecule has 1 atom stereocenters. The van der Waals surface area contributed by atoms with Crippen molar-refractivity contribution in [2.45, 2.75) is 18.8 Å². The predicted molar refractivity (Wildman–Crippen MR) is 84.5 cm³/mol. The van der Waals surface area contributed by atoms with Crippen molar-refractivity contribution in [1.82, 2.24) is 24.4 Å². The second kappa shape index (κ2) is 6.10. The number of piperidine rings is 1. The van der Waals surface area contributed by atoms with Gasteiger partial charge in [0.15, 0.2) is 5.65 Å². The predicted octanol–water partition coefficient (Wildman–Crippen LogP) is 0.887. The summed E-state index contributed by atoms with van der Waals surface area (Å²) in [4.78, 5) is 27.3. The van der Waals surface area contributed by atoms with Gasteiger partial charge in [0, 0.05) is 25.2 Å². The molecule has 0 aliphatic carbocycles. The van der Waals surface area contributed by atoms with Crippen LogP contribution in [0.4, 0.5) is 4.79 Å². The van der Waals surface area contributed by atoms with Crippen molar-refractivity contribution in [2.75, 3.05) is 32.8 Å². The first-order chi connectivity index (χ1) is 11.7. The first kappa shape index (κ1) is 14.9. The van der Waals surface area contributed by atoms with Crippen LogP contribution in [0.3, 0.4) is 0 Å². The molecule has 126 valence electrons. The van der Waals surface area contributed by atoms with E-state index in [1.807, 2.05) is 33.7 Å². The van der Waals surface area contributed by atoms with Crippen LogP contribution in [-0.4, -0.2) is 69.2 Å². The van der Waals surface area contributed by atoms with E-state index in [1.165, 1.54) is 4.90 Å². The summed E-state index contributed by atoms with van der Waals surface area (Å²) < 4.78 is 6.86. The molecule has 0 spiro atoms. The van der Waals surface area contributed by atoms with Crippen molar-refractivity contribution in [3.05, 3.63) is 30.2 Å². The number of likely N-dealkylation sites (tertiary alicyclic amines) is 1. The highest BCUT2D eigenvalue weighted by Crippen LogP contribution is 2.26. The number of carbonyl (C=O) groups excluding carboxylic acids is 2. The van der Waals surface area contributed by atoms with E-state index < -0.39 is 6.09 Å². The van der Waals surface area contributed by atoms with Crippen LogP contribution in [0.2, 0.25) is 0 Å². The Morgan fingerprint density at radius 1 is 1.29 bits per heavy atom. The van der Waals surface area contributed by atoms with E-state index in [0.29, 0.717) is 19.7 Å². The number of rotatable bonds is 3. The molecule has 2 aromatic heterocycles. The van der Waals surface area contributed by atoms with E-state index >= 15 is 0 Å². The Balaban J connectivity index is 1.47. The zero-order chi connectivity index (χ0) is 16.5. The molecule has 0 unspecified atom stereocenters. The van der Waals surface area contributed by atoms with Gasteiger partial charge in [0.05, 0.1) is 6.54 Å². The Labute approximate surface area is 139 Å². The minimum atomic E-state index is -0.402. The van der Waals surface area contributed by atoms with Gasteiger partial charge in [0.25, 0.3) is 0 Å². The summed E-state index contributed by atoms with van der Waals surface area (Å²) in [6.07, 6.45) is 3.44. The molecule has 2 fully saturated rings. The van der Waals surface area contributed by atoms with Crippen LogP contribution in [0.25, 0.3) is 5.65 Å². The number of aromatic nitrogens is 3. The second-order valence-corrected chi connectivity index (χ2v) is 6.20. The number of hydrogen-bond acceptors (Lipinski definition) is 5. The number of ether oxygens (including phenoxy) is 1. The SMILES string of the molecule is O=C(CN1CCOC1=O)N1CCC[C@@H](c2nnc3ccccn23)C1. The van der Waals surface area contributed by atoms with Crippen LogP contribution >= 0.6 is 0 Å². The van der Waals surface area contributed by atoms with Crippen LogP contribution in [0, 0.1) is 0 Å². The average Bonchev–Trinajstić information content (AvgIpc) is 3.21. The molecular weight excluding hydrogens is 310 g/mol. The molecule has 8 heteroatoms. The Bertz CT molecular complexity index is 774. The summed E-state index contributed by atoms with van der Waals surface area (Å²) in [6, 6.07) is 5.80. The number of hydrogen-bond donors (Lipinski definition) is 0. The third kappa shape index (κ3) is 2.68. The third-order valence-corrected chi connectivity index (χ3v) is 4.65. The molecule has 0 N–H and O–H groups in total. The van der Waals surface area contributed by atoms with E-state index in [4.69, 9.17) is 4.74 Å². The molecule has 24 heavy (non-hydrogen) atoms. The summed E-state index contributed by atoms with van der Waals surface area (Å²) in [5, 5.41) is 8.52. The molecule has 0 bridgehead atoms. The highest BCUT2D eigenvalue weighted by Gasteiger charge is 2.31. The zero-order valence-electron chi connectivity index (χ0n) is 13.3.